The van der Waals surface area contributed by atoms with E-state index in [1.54, 1.807) is 6.20 Å². The molecule has 2 saturated heterocycles. The van der Waals surface area contributed by atoms with E-state index >= 15 is 0 Å². The number of aryl methyl sites for hydroxylation is 1. The zero-order valence-electron chi connectivity index (χ0n) is 19.6. The Morgan fingerprint density at radius 1 is 1.03 bits per heavy atom. The Bertz CT molecular complexity index is 906. The van der Waals surface area contributed by atoms with E-state index in [1.165, 1.54) is 42.7 Å². The summed E-state index contributed by atoms with van der Waals surface area (Å²) < 4.78 is 11.1. The first-order valence-corrected chi connectivity index (χ1v) is 11.9. The molecule has 2 aliphatic rings. The molecule has 4 rings (SSSR count). The molecule has 3 heterocycles. The molecule has 1 N–H and O–H groups in total. The van der Waals surface area contributed by atoms with Gasteiger partial charge in [-0.25, -0.2) is 4.98 Å². The molecule has 174 valence electrons. The van der Waals surface area contributed by atoms with Crippen molar-refractivity contribution in [3.05, 3.63) is 41.1 Å². The van der Waals surface area contributed by atoms with E-state index < -0.39 is 5.60 Å². The molecule has 0 atom stereocenters. The maximum Gasteiger partial charge on any atom is 0.319 e. The average Bonchev–Trinajstić information content (AvgIpc) is 3.31. The molecule has 1 aromatic heterocycles. The van der Waals surface area contributed by atoms with Crippen molar-refractivity contribution in [2.24, 2.45) is 0 Å². The van der Waals surface area contributed by atoms with Gasteiger partial charge >= 0.3 is 6.01 Å². The number of piperidine rings is 1. The summed E-state index contributed by atoms with van der Waals surface area (Å²) in [5.74, 6) is 0.426. The third-order valence-electron chi connectivity index (χ3n) is 6.58. The van der Waals surface area contributed by atoms with E-state index in [9.17, 15) is 5.11 Å². The maximum atomic E-state index is 11.4. The summed E-state index contributed by atoms with van der Waals surface area (Å²) in [6.45, 7) is 11.8. The minimum absolute atomic E-state index is 0.286. The normalized spacial score (nSPS) is 18.7. The molecule has 2 aromatic rings. The summed E-state index contributed by atoms with van der Waals surface area (Å²) in [4.78, 5) is 13.6. The molecule has 7 nitrogen and oxygen atoms in total. The van der Waals surface area contributed by atoms with Crippen molar-refractivity contribution >= 4 is 5.69 Å². The first-order valence-electron chi connectivity index (χ1n) is 11.9. The predicted molar refractivity (Wildman–Crippen MR) is 125 cm³/mol. The lowest BCUT2D eigenvalue weighted by Gasteiger charge is -2.38. The highest BCUT2D eigenvalue weighted by Gasteiger charge is 2.37. The second kappa shape index (κ2) is 10.0. The Morgan fingerprint density at radius 3 is 2.41 bits per heavy atom. The number of likely N-dealkylation sites (tertiary alicyclic amines) is 1. The standard InChI is InChI=1S/C25H36N4O3/c1-4-31-23-21(17-26-24(27-23)32-5-2)25(30)10-14-28(15-11-25)18-20-8-9-22(19(3)16-20)29-12-6-7-13-29/h8-9,16-17,30H,4-7,10-15,18H2,1-3H3. The molecular weight excluding hydrogens is 404 g/mol. The molecule has 2 fully saturated rings. The first kappa shape index (κ1) is 22.8. The summed E-state index contributed by atoms with van der Waals surface area (Å²) in [6.07, 6.45) is 5.49. The van der Waals surface area contributed by atoms with Gasteiger partial charge in [0.2, 0.25) is 5.88 Å². The quantitative estimate of drug-likeness (QED) is 0.672. The smallest absolute Gasteiger partial charge is 0.319 e. The zero-order chi connectivity index (χ0) is 22.6. The van der Waals surface area contributed by atoms with Gasteiger partial charge in [0.1, 0.15) is 0 Å². The number of hydrogen-bond donors (Lipinski definition) is 1. The van der Waals surface area contributed by atoms with E-state index in [1.807, 2.05) is 13.8 Å². The van der Waals surface area contributed by atoms with Gasteiger partial charge in [0, 0.05) is 44.6 Å². The molecule has 0 aliphatic carbocycles. The number of nitrogens with zero attached hydrogens (tertiary/aromatic N) is 4. The lowest BCUT2D eigenvalue weighted by atomic mass is 9.85. The summed E-state index contributed by atoms with van der Waals surface area (Å²) in [5, 5.41) is 11.4. The van der Waals surface area contributed by atoms with Gasteiger partial charge in [0.15, 0.2) is 0 Å². The van der Waals surface area contributed by atoms with Crippen molar-refractivity contribution in [3.63, 3.8) is 0 Å². The van der Waals surface area contributed by atoms with Crippen LogP contribution in [0.5, 0.6) is 11.9 Å². The average molecular weight is 441 g/mol. The first-order chi connectivity index (χ1) is 15.5. The summed E-state index contributed by atoms with van der Waals surface area (Å²) in [5.41, 5.74) is 3.73. The molecule has 0 radical (unpaired) electrons. The number of anilines is 1. The van der Waals surface area contributed by atoms with Gasteiger partial charge in [-0.1, -0.05) is 12.1 Å². The Kier molecular flexibility index (Phi) is 7.16. The van der Waals surface area contributed by atoms with Crippen LogP contribution < -0.4 is 14.4 Å². The molecule has 32 heavy (non-hydrogen) atoms. The van der Waals surface area contributed by atoms with Crippen LogP contribution >= 0.6 is 0 Å². The third-order valence-corrected chi connectivity index (χ3v) is 6.58. The largest absolute Gasteiger partial charge is 0.478 e. The van der Waals surface area contributed by atoms with E-state index in [0.717, 1.165) is 19.6 Å². The van der Waals surface area contributed by atoms with Crippen molar-refractivity contribution in [2.75, 3.05) is 44.3 Å². The third kappa shape index (κ3) is 4.99. The van der Waals surface area contributed by atoms with Crippen molar-refractivity contribution in [2.45, 2.75) is 58.6 Å². The molecule has 0 spiro atoms. The molecule has 2 aliphatic heterocycles. The van der Waals surface area contributed by atoms with Crippen molar-refractivity contribution in [1.29, 1.82) is 0 Å². The van der Waals surface area contributed by atoms with E-state index in [2.05, 4.69) is 44.9 Å². The monoisotopic (exact) mass is 440 g/mol. The van der Waals surface area contributed by atoms with Crippen LogP contribution in [0.4, 0.5) is 5.69 Å². The number of hydrogen-bond acceptors (Lipinski definition) is 7. The second-order valence-electron chi connectivity index (χ2n) is 8.86. The van der Waals surface area contributed by atoms with Crippen LogP contribution in [0.3, 0.4) is 0 Å². The SMILES string of the molecule is CCOc1ncc(C2(O)CCN(Cc3ccc(N4CCCC4)c(C)c3)CC2)c(OCC)n1. The second-order valence-corrected chi connectivity index (χ2v) is 8.86. The Balaban J connectivity index is 1.41. The summed E-state index contributed by atoms with van der Waals surface area (Å²) >= 11 is 0. The van der Waals surface area contributed by atoms with Crippen LogP contribution in [0.15, 0.2) is 24.4 Å². The molecule has 7 heteroatoms. The lowest BCUT2D eigenvalue weighted by Crippen LogP contribution is -2.42. The van der Waals surface area contributed by atoms with Crippen molar-refractivity contribution in [3.8, 4) is 11.9 Å². The molecular formula is C25H36N4O3. The van der Waals surface area contributed by atoms with Crippen LogP contribution in [-0.4, -0.2) is 59.4 Å². The van der Waals surface area contributed by atoms with E-state index in [0.29, 0.717) is 37.5 Å². The fraction of sp³-hybridized carbons (Fsp3) is 0.600. The highest BCUT2D eigenvalue weighted by molar-refractivity contribution is 5.55. The summed E-state index contributed by atoms with van der Waals surface area (Å²) in [7, 11) is 0. The highest BCUT2D eigenvalue weighted by Crippen LogP contribution is 2.38. The van der Waals surface area contributed by atoms with Crippen LogP contribution in [0, 0.1) is 6.92 Å². The Hall–Kier alpha value is -2.38. The van der Waals surface area contributed by atoms with Crippen LogP contribution in [-0.2, 0) is 12.1 Å². The van der Waals surface area contributed by atoms with Gasteiger partial charge in [-0.05, 0) is 63.6 Å². The fourth-order valence-electron chi connectivity index (χ4n) is 4.85. The molecule has 1 aromatic carbocycles. The minimum atomic E-state index is -0.985. The molecule has 0 saturated carbocycles. The van der Waals surface area contributed by atoms with Crippen LogP contribution in [0.2, 0.25) is 0 Å². The molecule has 0 unspecified atom stereocenters. The molecule has 0 amide bonds. The Morgan fingerprint density at radius 2 is 1.75 bits per heavy atom. The zero-order valence-corrected chi connectivity index (χ0v) is 19.6. The van der Waals surface area contributed by atoms with Gasteiger partial charge in [0.05, 0.1) is 24.4 Å². The van der Waals surface area contributed by atoms with E-state index in [-0.39, 0.29) is 6.01 Å². The number of benzene rings is 1. The maximum absolute atomic E-state index is 11.4. The predicted octanol–water partition coefficient (Wildman–Crippen LogP) is 3.67. The van der Waals surface area contributed by atoms with Gasteiger partial charge in [-0.3, -0.25) is 4.90 Å². The van der Waals surface area contributed by atoms with Crippen LogP contribution in [0.1, 0.15) is 56.2 Å². The van der Waals surface area contributed by atoms with E-state index in [4.69, 9.17) is 9.47 Å². The fourth-order valence-corrected chi connectivity index (χ4v) is 4.85. The number of aromatic nitrogens is 2. The van der Waals surface area contributed by atoms with Crippen molar-refractivity contribution in [1.82, 2.24) is 14.9 Å². The van der Waals surface area contributed by atoms with Gasteiger partial charge in [-0.2, -0.15) is 4.98 Å². The number of rotatable bonds is 8. The molecule has 0 bridgehead atoms. The lowest BCUT2D eigenvalue weighted by molar-refractivity contribution is -0.0303. The van der Waals surface area contributed by atoms with Gasteiger partial charge in [0.25, 0.3) is 0 Å². The Labute approximate surface area is 191 Å². The van der Waals surface area contributed by atoms with Gasteiger partial charge < -0.3 is 19.5 Å². The number of ether oxygens (including phenoxy) is 2. The topological polar surface area (TPSA) is 71.0 Å². The summed E-state index contributed by atoms with van der Waals surface area (Å²) in [6, 6.07) is 7.15. The number of aliphatic hydroxyl groups is 1. The van der Waals surface area contributed by atoms with Crippen molar-refractivity contribution < 1.29 is 14.6 Å². The minimum Gasteiger partial charge on any atom is -0.478 e. The van der Waals surface area contributed by atoms with Crippen LogP contribution in [0.25, 0.3) is 0 Å². The highest BCUT2D eigenvalue weighted by atomic mass is 16.5. The van der Waals surface area contributed by atoms with Gasteiger partial charge in [-0.15, -0.1) is 0 Å².